The maximum Gasteiger partial charge on any atom is 0.309 e. The first-order chi connectivity index (χ1) is 11.7. The smallest absolute Gasteiger partial charge is 0.309 e. The summed E-state index contributed by atoms with van der Waals surface area (Å²) in [4.78, 5) is 21.2. The van der Waals surface area contributed by atoms with Gasteiger partial charge in [-0.15, -0.1) is 0 Å². The van der Waals surface area contributed by atoms with E-state index >= 15 is 0 Å². The third-order valence-corrected chi connectivity index (χ3v) is 4.23. The van der Waals surface area contributed by atoms with Crippen LogP contribution in [0.25, 0.3) is 0 Å². The molecule has 0 aliphatic carbocycles. The van der Waals surface area contributed by atoms with Gasteiger partial charge in [0.2, 0.25) is 0 Å². The molecule has 0 radical (unpaired) electrons. The Balaban J connectivity index is 0.000000251. The van der Waals surface area contributed by atoms with Crippen LogP contribution in [-0.4, -0.2) is 34.4 Å². The van der Waals surface area contributed by atoms with Gasteiger partial charge in [0.05, 0.1) is 28.9 Å². The van der Waals surface area contributed by atoms with E-state index in [0.717, 1.165) is 5.56 Å². The van der Waals surface area contributed by atoms with E-state index in [2.05, 4.69) is 36.6 Å². The lowest BCUT2D eigenvalue weighted by Crippen LogP contribution is -2.04. The molecule has 6 nitrogen and oxygen atoms in total. The van der Waals surface area contributed by atoms with Gasteiger partial charge in [0.15, 0.2) is 0 Å². The minimum absolute atomic E-state index is 0.0289. The molecular formula is C17H16Br2O6. The Kier molecular flexibility index (Phi) is 8.44. The Morgan fingerprint density at radius 3 is 1.72 bits per heavy atom. The highest BCUT2D eigenvalue weighted by atomic mass is 79.9. The van der Waals surface area contributed by atoms with E-state index in [1.54, 1.807) is 24.3 Å². The topological polar surface area (TPSA) is 104 Å². The van der Waals surface area contributed by atoms with Crippen molar-refractivity contribution in [2.24, 2.45) is 0 Å². The van der Waals surface area contributed by atoms with Crippen molar-refractivity contribution in [3.05, 3.63) is 56.5 Å². The molecule has 8 heteroatoms. The van der Waals surface area contributed by atoms with Crippen molar-refractivity contribution in [1.29, 1.82) is 0 Å². The third-order valence-electron chi connectivity index (χ3n) is 2.96. The highest BCUT2D eigenvalue weighted by molar-refractivity contribution is 9.10. The maximum absolute atomic E-state index is 10.9. The van der Waals surface area contributed by atoms with Crippen molar-refractivity contribution in [1.82, 2.24) is 0 Å². The summed E-state index contributed by atoms with van der Waals surface area (Å²) < 4.78 is 5.60. The zero-order valence-corrected chi connectivity index (χ0v) is 16.4. The highest BCUT2D eigenvalue weighted by Crippen LogP contribution is 2.25. The first-order valence-corrected chi connectivity index (χ1v) is 8.55. The van der Waals surface area contributed by atoms with Gasteiger partial charge in [-0.05, 0) is 67.3 Å². The number of carbonyl (C=O) groups is 2. The molecule has 0 unspecified atom stereocenters. The number of phenols is 2. The highest BCUT2D eigenvalue weighted by Gasteiger charge is 2.05. The lowest BCUT2D eigenvalue weighted by molar-refractivity contribution is -0.140. The third kappa shape index (κ3) is 7.57. The summed E-state index contributed by atoms with van der Waals surface area (Å²) in [7, 11) is 1.35. The minimum Gasteiger partial charge on any atom is -0.507 e. The minimum atomic E-state index is -0.882. The predicted octanol–water partition coefficient (Wildman–Crippen LogP) is 3.65. The van der Waals surface area contributed by atoms with Crippen LogP contribution in [0.3, 0.4) is 0 Å². The Labute approximate surface area is 161 Å². The standard InChI is InChI=1S/C9H9BrO3.C8H7BrO3/c1-13-9(12)5-6-2-3-8(11)7(10)4-6;9-6-3-5(4-8(11)12)1-2-7(6)10/h2-4,11H,5H2,1H3;1-3,10H,4H2,(H,11,12). The van der Waals surface area contributed by atoms with Crippen LogP contribution in [0, 0.1) is 0 Å². The molecular weight excluding hydrogens is 460 g/mol. The zero-order valence-electron chi connectivity index (χ0n) is 13.2. The fourth-order valence-corrected chi connectivity index (χ4v) is 2.59. The van der Waals surface area contributed by atoms with Crippen LogP contribution in [0.15, 0.2) is 45.3 Å². The van der Waals surface area contributed by atoms with E-state index in [1.165, 1.54) is 19.2 Å². The van der Waals surface area contributed by atoms with E-state index in [-0.39, 0.29) is 30.3 Å². The average Bonchev–Trinajstić information content (AvgIpc) is 2.54. The average molecular weight is 476 g/mol. The van der Waals surface area contributed by atoms with Gasteiger partial charge in [-0.25, -0.2) is 0 Å². The summed E-state index contributed by atoms with van der Waals surface area (Å²) in [5, 5.41) is 26.7. The molecule has 0 aromatic heterocycles. The van der Waals surface area contributed by atoms with Gasteiger partial charge >= 0.3 is 11.9 Å². The van der Waals surface area contributed by atoms with Crippen molar-refractivity contribution in [2.75, 3.05) is 7.11 Å². The predicted molar refractivity (Wildman–Crippen MR) is 98.7 cm³/mol. The van der Waals surface area contributed by atoms with Crippen LogP contribution in [0.2, 0.25) is 0 Å². The molecule has 2 rings (SSSR count). The largest absolute Gasteiger partial charge is 0.507 e. The molecule has 0 heterocycles. The number of halogens is 2. The number of carboxylic acids is 1. The van der Waals surface area contributed by atoms with Crippen LogP contribution < -0.4 is 0 Å². The van der Waals surface area contributed by atoms with Crippen molar-refractivity contribution < 1.29 is 29.6 Å². The number of ether oxygens (including phenoxy) is 1. The lowest BCUT2D eigenvalue weighted by atomic mass is 10.1. The first kappa shape index (κ1) is 21.0. The number of aromatic hydroxyl groups is 2. The van der Waals surface area contributed by atoms with Crippen LogP contribution in [0.1, 0.15) is 11.1 Å². The summed E-state index contributed by atoms with van der Waals surface area (Å²) in [5.41, 5.74) is 1.46. The number of benzene rings is 2. The van der Waals surface area contributed by atoms with Gasteiger partial charge in [-0.2, -0.15) is 0 Å². The van der Waals surface area contributed by atoms with E-state index in [0.29, 0.717) is 14.5 Å². The maximum atomic E-state index is 10.9. The molecule has 0 spiro atoms. The summed E-state index contributed by atoms with van der Waals surface area (Å²) in [6.07, 6.45) is 0.189. The van der Waals surface area contributed by atoms with Gasteiger partial charge in [-0.3, -0.25) is 9.59 Å². The van der Waals surface area contributed by atoms with Gasteiger partial charge < -0.3 is 20.1 Å². The molecule has 2 aromatic rings. The molecule has 0 fully saturated rings. The molecule has 0 aliphatic heterocycles. The molecule has 0 saturated carbocycles. The SMILES string of the molecule is COC(=O)Cc1ccc(O)c(Br)c1.O=C(O)Cc1ccc(O)c(Br)c1. The molecule has 0 aliphatic rings. The number of esters is 1. The Bertz CT molecular complexity index is 761. The number of aliphatic carboxylic acids is 1. The van der Waals surface area contributed by atoms with Crippen molar-refractivity contribution in [2.45, 2.75) is 12.8 Å². The van der Waals surface area contributed by atoms with Gasteiger partial charge in [0.1, 0.15) is 11.5 Å². The number of rotatable bonds is 4. The molecule has 0 atom stereocenters. The zero-order chi connectivity index (χ0) is 19.0. The lowest BCUT2D eigenvalue weighted by Gasteiger charge is -2.01. The quantitative estimate of drug-likeness (QED) is 0.583. The molecule has 3 N–H and O–H groups in total. The molecule has 0 bridgehead atoms. The first-order valence-electron chi connectivity index (χ1n) is 6.96. The van der Waals surface area contributed by atoms with Crippen LogP contribution in [0.4, 0.5) is 0 Å². The van der Waals surface area contributed by atoms with E-state index in [1.807, 2.05) is 0 Å². The van der Waals surface area contributed by atoms with E-state index < -0.39 is 5.97 Å². The number of methoxy groups -OCH3 is 1. The fraction of sp³-hybridized carbons (Fsp3) is 0.176. The normalized spacial score (nSPS) is 9.72. The summed E-state index contributed by atoms with van der Waals surface area (Å²) in [6, 6.07) is 9.52. The van der Waals surface area contributed by atoms with Gasteiger partial charge in [0, 0.05) is 0 Å². The van der Waals surface area contributed by atoms with Gasteiger partial charge in [0.25, 0.3) is 0 Å². The molecule has 2 aromatic carbocycles. The van der Waals surface area contributed by atoms with Crippen molar-refractivity contribution in [3.63, 3.8) is 0 Å². The number of hydrogen-bond acceptors (Lipinski definition) is 5. The van der Waals surface area contributed by atoms with Crippen molar-refractivity contribution in [3.8, 4) is 11.5 Å². The number of carbonyl (C=O) groups excluding carboxylic acids is 1. The van der Waals surface area contributed by atoms with E-state index in [9.17, 15) is 14.7 Å². The number of carboxylic acid groups (broad SMARTS) is 1. The van der Waals surface area contributed by atoms with Crippen LogP contribution in [0.5, 0.6) is 11.5 Å². The Morgan fingerprint density at radius 1 is 0.920 bits per heavy atom. The second-order valence-electron chi connectivity index (χ2n) is 4.89. The van der Waals surface area contributed by atoms with Gasteiger partial charge in [-0.1, -0.05) is 12.1 Å². The monoisotopic (exact) mass is 474 g/mol. The summed E-state index contributed by atoms with van der Waals surface area (Å²) in [5.74, 6) is -0.900. The van der Waals surface area contributed by atoms with Crippen LogP contribution in [-0.2, 0) is 27.2 Å². The molecule has 25 heavy (non-hydrogen) atoms. The Hall–Kier alpha value is -2.06. The molecule has 0 amide bonds. The Morgan fingerprint density at radius 2 is 1.36 bits per heavy atom. The second-order valence-corrected chi connectivity index (χ2v) is 6.60. The van der Waals surface area contributed by atoms with Crippen LogP contribution >= 0.6 is 31.9 Å². The molecule has 0 saturated heterocycles. The summed E-state index contributed by atoms with van der Waals surface area (Å²) in [6.45, 7) is 0. The molecule has 134 valence electrons. The summed E-state index contributed by atoms with van der Waals surface area (Å²) >= 11 is 6.25. The van der Waals surface area contributed by atoms with Crippen molar-refractivity contribution >= 4 is 43.8 Å². The number of hydrogen-bond donors (Lipinski definition) is 3. The fourth-order valence-electron chi connectivity index (χ4n) is 1.73. The number of phenolic OH excluding ortho intramolecular Hbond substituents is 2. The second kappa shape index (κ2) is 10.0. The van der Waals surface area contributed by atoms with E-state index in [4.69, 9.17) is 10.2 Å².